The first-order valence-electron chi connectivity index (χ1n) is 11.2. The lowest BCUT2D eigenvalue weighted by molar-refractivity contribution is 0.0911. The van der Waals surface area contributed by atoms with Crippen molar-refractivity contribution in [2.75, 3.05) is 11.2 Å². The number of fused-ring (bicyclic) bond motifs is 4. The van der Waals surface area contributed by atoms with Crippen LogP contribution >= 0.6 is 11.8 Å². The highest BCUT2D eigenvalue weighted by atomic mass is 32.2. The number of ether oxygens (including phenoxy) is 1. The summed E-state index contributed by atoms with van der Waals surface area (Å²) >= 11 is 1.39. The van der Waals surface area contributed by atoms with Crippen LogP contribution in [0, 0.1) is 0 Å². The average Bonchev–Trinajstić information content (AvgIpc) is 3.07. The Morgan fingerprint density at radius 2 is 1.60 bits per heavy atom. The number of aromatic nitrogens is 3. The number of nitrogens with zero attached hydrogens (tertiary/aromatic N) is 4. The predicted molar refractivity (Wildman–Crippen MR) is 138 cm³/mol. The molecule has 6 rings (SSSR count). The molecule has 0 radical (unpaired) electrons. The molecule has 1 aromatic heterocycles. The summed E-state index contributed by atoms with van der Waals surface area (Å²) in [4.78, 5) is 20.4. The van der Waals surface area contributed by atoms with Crippen LogP contribution in [0.5, 0.6) is 5.88 Å². The molecule has 0 unspecified atom stereocenters. The zero-order valence-electron chi connectivity index (χ0n) is 18.8. The van der Waals surface area contributed by atoms with E-state index in [1.165, 1.54) is 11.8 Å². The molecular weight excluding hydrogens is 456 g/mol. The lowest BCUT2D eigenvalue weighted by Crippen LogP contribution is -2.37. The van der Waals surface area contributed by atoms with Gasteiger partial charge in [-0.15, -0.1) is 10.2 Å². The van der Waals surface area contributed by atoms with Gasteiger partial charge >= 0.3 is 0 Å². The smallest absolute Gasteiger partial charge is 0.261 e. The van der Waals surface area contributed by atoms with E-state index in [1.54, 1.807) is 4.90 Å². The van der Waals surface area contributed by atoms with Gasteiger partial charge in [-0.1, -0.05) is 90.6 Å². The number of carbonyl (C=O) groups is 1. The molecule has 1 atom stereocenters. The third-order valence-electron chi connectivity index (χ3n) is 6.02. The number of thioether (sulfide) groups is 1. The summed E-state index contributed by atoms with van der Waals surface area (Å²) in [5.41, 5.74) is 3.35. The molecule has 0 aliphatic carbocycles. The summed E-state index contributed by atoms with van der Waals surface area (Å²) in [5.74, 6) is 0.167. The van der Waals surface area contributed by atoms with Crippen LogP contribution < -0.4 is 9.64 Å². The molecule has 0 saturated carbocycles. The SMILES string of the molecule is CSc1nnc2c(n1)O[C@@H](c1cccc3ccccc13)N(C(=O)c1ccccc1)c1ccccc1-2. The van der Waals surface area contributed by atoms with E-state index < -0.39 is 6.23 Å². The van der Waals surface area contributed by atoms with Gasteiger partial charge in [-0.3, -0.25) is 9.69 Å². The van der Waals surface area contributed by atoms with Crippen LogP contribution in [-0.2, 0) is 0 Å². The van der Waals surface area contributed by atoms with Gasteiger partial charge in [0.25, 0.3) is 5.91 Å². The lowest BCUT2D eigenvalue weighted by Gasteiger charge is -2.31. The van der Waals surface area contributed by atoms with Crippen molar-refractivity contribution in [1.82, 2.24) is 15.2 Å². The molecule has 1 aliphatic rings. The van der Waals surface area contributed by atoms with Crippen molar-refractivity contribution < 1.29 is 9.53 Å². The molecule has 4 aromatic carbocycles. The molecule has 35 heavy (non-hydrogen) atoms. The first-order chi connectivity index (χ1) is 17.2. The molecule has 170 valence electrons. The topological polar surface area (TPSA) is 68.2 Å². The molecule has 1 aliphatic heterocycles. The molecule has 0 N–H and O–H groups in total. The van der Waals surface area contributed by atoms with E-state index in [0.717, 1.165) is 21.9 Å². The Bertz CT molecular complexity index is 1550. The van der Waals surface area contributed by atoms with Gasteiger partial charge < -0.3 is 4.74 Å². The minimum atomic E-state index is -0.775. The zero-order valence-corrected chi connectivity index (χ0v) is 19.6. The van der Waals surface area contributed by atoms with E-state index in [-0.39, 0.29) is 5.91 Å². The first kappa shape index (κ1) is 21.3. The van der Waals surface area contributed by atoms with Gasteiger partial charge in [0.15, 0.2) is 5.69 Å². The van der Waals surface area contributed by atoms with E-state index in [9.17, 15) is 4.79 Å². The summed E-state index contributed by atoms with van der Waals surface area (Å²) in [7, 11) is 0. The van der Waals surface area contributed by atoms with E-state index in [0.29, 0.717) is 28.0 Å². The fraction of sp³-hybridized carbons (Fsp3) is 0.0714. The second kappa shape index (κ2) is 8.85. The fourth-order valence-electron chi connectivity index (χ4n) is 4.41. The van der Waals surface area contributed by atoms with Crippen LogP contribution in [0.1, 0.15) is 22.1 Å². The largest absolute Gasteiger partial charge is 0.447 e. The van der Waals surface area contributed by atoms with E-state index in [1.807, 2.05) is 91.2 Å². The van der Waals surface area contributed by atoms with Crippen molar-refractivity contribution in [2.24, 2.45) is 0 Å². The number of anilines is 1. The van der Waals surface area contributed by atoms with Crippen molar-refractivity contribution >= 4 is 34.1 Å². The molecule has 0 fully saturated rings. The average molecular weight is 477 g/mol. The Hall–Kier alpha value is -4.23. The highest BCUT2D eigenvalue weighted by molar-refractivity contribution is 7.98. The zero-order chi connectivity index (χ0) is 23.8. The van der Waals surface area contributed by atoms with Crippen molar-refractivity contribution in [1.29, 1.82) is 0 Å². The van der Waals surface area contributed by atoms with Crippen LogP contribution in [0.4, 0.5) is 5.69 Å². The Balaban J connectivity index is 1.65. The van der Waals surface area contributed by atoms with Gasteiger partial charge in [0.2, 0.25) is 17.3 Å². The van der Waals surface area contributed by atoms with Gasteiger partial charge in [0.1, 0.15) is 0 Å². The predicted octanol–water partition coefficient (Wildman–Crippen LogP) is 6.15. The minimum Gasteiger partial charge on any atom is -0.447 e. The molecule has 2 heterocycles. The van der Waals surface area contributed by atoms with Crippen molar-refractivity contribution in [2.45, 2.75) is 11.4 Å². The van der Waals surface area contributed by atoms with Gasteiger partial charge in [-0.25, -0.2) is 0 Å². The summed E-state index contributed by atoms with van der Waals surface area (Å²) in [6, 6.07) is 31.0. The van der Waals surface area contributed by atoms with Gasteiger partial charge in [-0.05, 0) is 35.2 Å². The molecule has 7 heteroatoms. The van der Waals surface area contributed by atoms with Gasteiger partial charge in [0, 0.05) is 16.7 Å². The van der Waals surface area contributed by atoms with Gasteiger partial charge in [-0.2, -0.15) is 4.98 Å². The third-order valence-corrected chi connectivity index (χ3v) is 6.56. The summed E-state index contributed by atoms with van der Waals surface area (Å²) in [6.45, 7) is 0. The maximum absolute atomic E-state index is 14.1. The summed E-state index contributed by atoms with van der Waals surface area (Å²) < 4.78 is 6.61. The minimum absolute atomic E-state index is 0.179. The molecule has 1 amide bonds. The maximum Gasteiger partial charge on any atom is 0.261 e. The normalized spacial score (nSPS) is 14.5. The van der Waals surface area contributed by atoms with Crippen LogP contribution in [0.3, 0.4) is 0 Å². The Morgan fingerprint density at radius 3 is 2.46 bits per heavy atom. The molecule has 6 nitrogen and oxygen atoms in total. The number of benzene rings is 4. The Morgan fingerprint density at radius 1 is 0.857 bits per heavy atom. The van der Waals surface area contributed by atoms with Crippen LogP contribution in [0.25, 0.3) is 22.0 Å². The van der Waals surface area contributed by atoms with Crippen molar-refractivity contribution in [3.63, 3.8) is 0 Å². The molecule has 5 aromatic rings. The van der Waals surface area contributed by atoms with Crippen LogP contribution in [0.2, 0.25) is 0 Å². The fourth-order valence-corrected chi connectivity index (χ4v) is 4.70. The number of hydrogen-bond acceptors (Lipinski definition) is 6. The highest BCUT2D eigenvalue weighted by Crippen LogP contribution is 2.44. The first-order valence-corrected chi connectivity index (χ1v) is 12.4. The summed E-state index contributed by atoms with van der Waals surface area (Å²) in [5, 5.41) is 11.3. The number of hydrogen-bond donors (Lipinski definition) is 0. The van der Waals surface area contributed by atoms with Gasteiger partial charge in [0.05, 0.1) is 5.69 Å². The van der Waals surface area contributed by atoms with Crippen molar-refractivity contribution in [3.8, 4) is 17.1 Å². The molecular formula is C28H20N4O2S. The van der Waals surface area contributed by atoms with Crippen LogP contribution in [-0.4, -0.2) is 27.3 Å². The number of para-hydroxylation sites is 1. The monoisotopic (exact) mass is 476 g/mol. The van der Waals surface area contributed by atoms with E-state index in [2.05, 4.69) is 27.3 Å². The standard InChI is InChI=1S/C28H20N4O2S/c1-35-28-29-25-24(30-31-28)22-15-7-8-17-23(22)32(26(33)19-11-3-2-4-12-19)27(34-25)21-16-9-13-18-10-5-6-14-20(18)21/h2-17,27H,1H3/t27-/m0/s1. The number of amides is 1. The number of carbonyl (C=O) groups excluding carboxylic acids is 1. The maximum atomic E-state index is 14.1. The Kier molecular flexibility index (Phi) is 5.39. The second-order valence-electron chi connectivity index (χ2n) is 8.05. The lowest BCUT2D eigenvalue weighted by atomic mass is 10.0. The Labute approximate surface area is 206 Å². The van der Waals surface area contributed by atoms with E-state index >= 15 is 0 Å². The quantitative estimate of drug-likeness (QED) is 0.291. The summed E-state index contributed by atoms with van der Waals surface area (Å²) in [6.07, 6.45) is 1.11. The highest BCUT2D eigenvalue weighted by Gasteiger charge is 2.37. The molecule has 0 spiro atoms. The third kappa shape index (κ3) is 3.70. The van der Waals surface area contributed by atoms with Crippen LogP contribution in [0.15, 0.2) is 102 Å². The molecule has 0 bridgehead atoms. The van der Waals surface area contributed by atoms with Crippen molar-refractivity contribution in [3.05, 3.63) is 108 Å². The molecule has 0 saturated heterocycles. The van der Waals surface area contributed by atoms with E-state index in [4.69, 9.17) is 4.74 Å². The number of rotatable bonds is 3. The second-order valence-corrected chi connectivity index (χ2v) is 8.82.